The van der Waals surface area contributed by atoms with E-state index in [0.717, 1.165) is 24.4 Å². The summed E-state index contributed by atoms with van der Waals surface area (Å²) in [6.45, 7) is 9.40. The van der Waals surface area contributed by atoms with Crippen LogP contribution < -0.4 is 5.32 Å². The molecular weight excluding hydrogens is 246 g/mol. The van der Waals surface area contributed by atoms with Crippen molar-refractivity contribution in [3.05, 3.63) is 58.7 Å². The molecule has 0 fully saturated rings. The van der Waals surface area contributed by atoms with Gasteiger partial charge in [-0.05, 0) is 50.4 Å². The molecule has 1 aromatic carbocycles. The van der Waals surface area contributed by atoms with Crippen molar-refractivity contribution in [1.82, 2.24) is 15.3 Å². The van der Waals surface area contributed by atoms with Crippen LogP contribution in [-0.2, 0) is 0 Å². The van der Waals surface area contributed by atoms with Crippen molar-refractivity contribution in [3.8, 4) is 0 Å². The molecule has 1 heterocycles. The number of aromatic nitrogens is 2. The maximum Gasteiger partial charge on any atom is 0.149 e. The molecule has 0 bridgehead atoms. The van der Waals surface area contributed by atoms with Crippen molar-refractivity contribution in [2.75, 3.05) is 6.54 Å². The average Bonchev–Trinajstić information content (AvgIpc) is 2.44. The van der Waals surface area contributed by atoms with Crippen molar-refractivity contribution in [2.24, 2.45) is 0 Å². The number of aryl methyl sites for hydroxylation is 3. The van der Waals surface area contributed by atoms with Gasteiger partial charge in [-0.1, -0.05) is 30.7 Å². The fourth-order valence-electron chi connectivity index (χ4n) is 2.25. The highest BCUT2D eigenvalue weighted by Gasteiger charge is 2.18. The van der Waals surface area contributed by atoms with Crippen LogP contribution in [0, 0.1) is 20.8 Å². The Bertz CT molecular complexity index is 561. The minimum absolute atomic E-state index is 0.0652. The van der Waals surface area contributed by atoms with Crippen LogP contribution >= 0.6 is 0 Å². The van der Waals surface area contributed by atoms with Crippen molar-refractivity contribution < 1.29 is 0 Å². The minimum atomic E-state index is 0.0652. The minimum Gasteiger partial charge on any atom is -0.304 e. The number of rotatable bonds is 5. The van der Waals surface area contributed by atoms with Crippen LogP contribution in [0.3, 0.4) is 0 Å². The summed E-state index contributed by atoms with van der Waals surface area (Å²) in [5.41, 5.74) is 4.89. The van der Waals surface area contributed by atoms with E-state index in [9.17, 15) is 0 Å². The molecule has 0 aliphatic carbocycles. The van der Waals surface area contributed by atoms with Gasteiger partial charge in [0.1, 0.15) is 5.82 Å². The highest BCUT2D eigenvalue weighted by atomic mass is 15.0. The summed E-state index contributed by atoms with van der Waals surface area (Å²) in [4.78, 5) is 9.01. The van der Waals surface area contributed by atoms with Gasteiger partial charge in [0.05, 0.1) is 6.04 Å². The van der Waals surface area contributed by atoms with Gasteiger partial charge in [-0.3, -0.25) is 0 Å². The van der Waals surface area contributed by atoms with Gasteiger partial charge < -0.3 is 5.32 Å². The molecule has 20 heavy (non-hydrogen) atoms. The van der Waals surface area contributed by atoms with Gasteiger partial charge in [0, 0.05) is 12.4 Å². The topological polar surface area (TPSA) is 37.8 Å². The Kier molecular flexibility index (Phi) is 4.85. The van der Waals surface area contributed by atoms with E-state index in [4.69, 9.17) is 0 Å². The quantitative estimate of drug-likeness (QED) is 0.903. The van der Waals surface area contributed by atoms with Gasteiger partial charge in [-0.2, -0.15) is 0 Å². The normalized spacial score (nSPS) is 12.4. The monoisotopic (exact) mass is 269 g/mol. The fraction of sp³-hybridized carbons (Fsp3) is 0.412. The first-order valence-electron chi connectivity index (χ1n) is 7.21. The Morgan fingerprint density at radius 3 is 2.40 bits per heavy atom. The zero-order valence-electron chi connectivity index (χ0n) is 12.8. The SMILES string of the molecule is CCCNC(c1ncc(C)cn1)c1cc(C)ccc1C. The molecule has 0 radical (unpaired) electrons. The molecule has 2 aromatic rings. The third kappa shape index (κ3) is 3.42. The molecule has 106 valence electrons. The maximum absolute atomic E-state index is 4.51. The molecule has 2 rings (SSSR count). The van der Waals surface area contributed by atoms with E-state index in [0.29, 0.717) is 0 Å². The predicted octanol–water partition coefficient (Wildman–Crippen LogP) is 3.49. The van der Waals surface area contributed by atoms with E-state index in [1.807, 2.05) is 19.3 Å². The van der Waals surface area contributed by atoms with Crippen molar-refractivity contribution in [3.63, 3.8) is 0 Å². The van der Waals surface area contributed by atoms with Gasteiger partial charge >= 0.3 is 0 Å². The first kappa shape index (κ1) is 14.7. The van der Waals surface area contributed by atoms with Crippen molar-refractivity contribution in [2.45, 2.75) is 40.2 Å². The molecule has 0 amide bonds. The Labute approximate surface area is 121 Å². The summed E-state index contributed by atoms with van der Waals surface area (Å²) in [6.07, 6.45) is 4.86. The van der Waals surface area contributed by atoms with Crippen LogP contribution in [0.4, 0.5) is 0 Å². The second-order valence-electron chi connectivity index (χ2n) is 5.37. The highest BCUT2D eigenvalue weighted by Crippen LogP contribution is 2.23. The van der Waals surface area contributed by atoms with E-state index < -0.39 is 0 Å². The van der Waals surface area contributed by atoms with Crippen LogP contribution in [-0.4, -0.2) is 16.5 Å². The van der Waals surface area contributed by atoms with Crippen LogP contribution in [0.25, 0.3) is 0 Å². The Morgan fingerprint density at radius 1 is 1.05 bits per heavy atom. The van der Waals surface area contributed by atoms with E-state index in [-0.39, 0.29) is 6.04 Å². The number of nitrogens with one attached hydrogen (secondary N) is 1. The van der Waals surface area contributed by atoms with E-state index in [2.05, 4.69) is 54.3 Å². The Hall–Kier alpha value is -1.74. The van der Waals surface area contributed by atoms with Crippen LogP contribution in [0.15, 0.2) is 30.6 Å². The predicted molar refractivity (Wildman–Crippen MR) is 82.8 cm³/mol. The largest absolute Gasteiger partial charge is 0.304 e. The summed E-state index contributed by atoms with van der Waals surface area (Å²) < 4.78 is 0. The van der Waals surface area contributed by atoms with E-state index in [1.54, 1.807) is 0 Å². The van der Waals surface area contributed by atoms with E-state index >= 15 is 0 Å². The summed E-state index contributed by atoms with van der Waals surface area (Å²) in [7, 11) is 0. The first-order chi connectivity index (χ1) is 9.61. The Morgan fingerprint density at radius 2 is 1.75 bits per heavy atom. The standard InChI is InChI=1S/C17H23N3/c1-5-8-18-16(17-19-10-13(3)11-20-17)15-9-12(2)6-7-14(15)4/h6-7,9-11,16,18H,5,8H2,1-4H3. The molecule has 1 unspecified atom stereocenters. The second kappa shape index (κ2) is 6.62. The number of hydrogen-bond acceptors (Lipinski definition) is 3. The van der Waals surface area contributed by atoms with Crippen molar-refractivity contribution in [1.29, 1.82) is 0 Å². The van der Waals surface area contributed by atoms with Crippen LogP contribution in [0.5, 0.6) is 0 Å². The average molecular weight is 269 g/mol. The zero-order valence-corrected chi connectivity index (χ0v) is 12.8. The summed E-state index contributed by atoms with van der Waals surface area (Å²) >= 11 is 0. The molecule has 0 spiro atoms. The highest BCUT2D eigenvalue weighted by molar-refractivity contribution is 5.36. The second-order valence-corrected chi connectivity index (χ2v) is 5.37. The molecular formula is C17H23N3. The lowest BCUT2D eigenvalue weighted by Gasteiger charge is -2.20. The van der Waals surface area contributed by atoms with Gasteiger partial charge in [0.2, 0.25) is 0 Å². The summed E-state index contributed by atoms with van der Waals surface area (Å²) in [5, 5.41) is 3.56. The lowest BCUT2D eigenvalue weighted by Crippen LogP contribution is -2.25. The number of benzene rings is 1. The molecule has 1 aromatic heterocycles. The lowest BCUT2D eigenvalue weighted by atomic mass is 9.98. The first-order valence-corrected chi connectivity index (χ1v) is 7.21. The van der Waals surface area contributed by atoms with Gasteiger partial charge in [-0.25, -0.2) is 9.97 Å². The zero-order chi connectivity index (χ0) is 14.5. The molecule has 0 aliphatic rings. The smallest absolute Gasteiger partial charge is 0.149 e. The third-order valence-corrected chi connectivity index (χ3v) is 3.40. The summed E-state index contributed by atoms with van der Waals surface area (Å²) in [6, 6.07) is 6.60. The summed E-state index contributed by atoms with van der Waals surface area (Å²) in [5.74, 6) is 0.845. The molecule has 3 nitrogen and oxygen atoms in total. The van der Waals surface area contributed by atoms with Crippen molar-refractivity contribution >= 4 is 0 Å². The van der Waals surface area contributed by atoms with E-state index in [1.165, 1.54) is 16.7 Å². The Balaban J connectivity index is 2.41. The molecule has 0 aliphatic heterocycles. The molecule has 0 saturated carbocycles. The number of nitrogens with zero attached hydrogens (tertiary/aromatic N) is 2. The molecule has 1 atom stereocenters. The lowest BCUT2D eigenvalue weighted by molar-refractivity contribution is 0.569. The van der Waals surface area contributed by atoms with Gasteiger partial charge in [0.25, 0.3) is 0 Å². The van der Waals surface area contributed by atoms with Crippen LogP contribution in [0.2, 0.25) is 0 Å². The third-order valence-electron chi connectivity index (χ3n) is 3.40. The molecule has 3 heteroatoms. The molecule has 0 saturated heterocycles. The van der Waals surface area contributed by atoms with Gasteiger partial charge in [0.15, 0.2) is 0 Å². The fourth-order valence-corrected chi connectivity index (χ4v) is 2.25. The maximum atomic E-state index is 4.51. The number of hydrogen-bond donors (Lipinski definition) is 1. The van der Waals surface area contributed by atoms with Gasteiger partial charge in [-0.15, -0.1) is 0 Å². The molecule has 1 N–H and O–H groups in total. The van der Waals surface area contributed by atoms with Crippen LogP contribution in [0.1, 0.15) is 47.5 Å².